The number of hydrogen-bond acceptors (Lipinski definition) is 5. The van der Waals surface area contributed by atoms with Gasteiger partial charge >= 0.3 is 6.09 Å². The van der Waals surface area contributed by atoms with Gasteiger partial charge in [0.15, 0.2) is 0 Å². The third-order valence-corrected chi connectivity index (χ3v) is 6.83. The van der Waals surface area contributed by atoms with Gasteiger partial charge in [-0.3, -0.25) is 9.59 Å². The molecule has 224 valence electrons. The van der Waals surface area contributed by atoms with Crippen LogP contribution in [0, 0.1) is 0 Å². The zero-order chi connectivity index (χ0) is 31.0. The third kappa shape index (κ3) is 8.35. The fourth-order valence-electron chi connectivity index (χ4n) is 4.95. The molecule has 0 bridgehead atoms. The van der Waals surface area contributed by atoms with Crippen molar-refractivity contribution in [1.29, 1.82) is 0 Å². The first kappa shape index (κ1) is 31.1. The van der Waals surface area contributed by atoms with Crippen molar-refractivity contribution >= 4 is 34.4 Å². The number of phenols is 1. The average Bonchev–Trinajstić information content (AvgIpc) is 2.96. The van der Waals surface area contributed by atoms with Gasteiger partial charge in [-0.1, -0.05) is 85.8 Å². The van der Waals surface area contributed by atoms with Crippen molar-refractivity contribution in [3.05, 3.63) is 108 Å². The molecule has 0 aromatic heterocycles. The molecule has 2 atom stereocenters. The van der Waals surface area contributed by atoms with Crippen LogP contribution in [0.2, 0.25) is 0 Å². The molecular weight excluding hydrogens is 542 g/mol. The molecule has 4 rings (SSSR count). The van der Waals surface area contributed by atoms with Gasteiger partial charge in [-0.25, -0.2) is 4.79 Å². The Kier molecular flexibility index (Phi) is 10.0. The summed E-state index contributed by atoms with van der Waals surface area (Å²) in [5, 5.41) is 18.6. The number of phenolic OH excluding ortho intramolecular Hbond substituents is 1. The van der Waals surface area contributed by atoms with Crippen LogP contribution in [-0.4, -0.2) is 46.1 Å². The highest BCUT2D eigenvalue weighted by atomic mass is 16.6. The van der Waals surface area contributed by atoms with Crippen molar-refractivity contribution in [3.8, 4) is 5.75 Å². The molecule has 3 amide bonds. The van der Waals surface area contributed by atoms with Gasteiger partial charge in [-0.15, -0.1) is 0 Å². The van der Waals surface area contributed by atoms with E-state index in [1.54, 1.807) is 45.0 Å². The van der Waals surface area contributed by atoms with Gasteiger partial charge in [0.05, 0.1) is 0 Å². The molecule has 0 aliphatic heterocycles. The maximum absolute atomic E-state index is 14.4. The second-order valence-electron chi connectivity index (χ2n) is 11.4. The van der Waals surface area contributed by atoms with E-state index >= 15 is 0 Å². The zero-order valence-corrected chi connectivity index (χ0v) is 25.0. The Labute approximate surface area is 252 Å². The molecular formula is C35H39N3O5. The molecule has 0 saturated carbocycles. The number of amides is 3. The van der Waals surface area contributed by atoms with E-state index < -0.39 is 35.6 Å². The van der Waals surface area contributed by atoms with Gasteiger partial charge in [0, 0.05) is 24.2 Å². The quantitative estimate of drug-likeness (QED) is 0.196. The van der Waals surface area contributed by atoms with E-state index in [9.17, 15) is 19.5 Å². The Hall–Kier alpha value is -4.85. The molecule has 0 heterocycles. The van der Waals surface area contributed by atoms with Crippen LogP contribution in [0.25, 0.3) is 10.8 Å². The Morgan fingerprint density at radius 3 is 2.19 bits per heavy atom. The molecule has 43 heavy (non-hydrogen) atoms. The fourth-order valence-corrected chi connectivity index (χ4v) is 4.95. The highest BCUT2D eigenvalue weighted by Crippen LogP contribution is 2.31. The van der Waals surface area contributed by atoms with E-state index in [2.05, 4.69) is 10.6 Å². The first-order valence-corrected chi connectivity index (χ1v) is 14.5. The van der Waals surface area contributed by atoms with Crippen molar-refractivity contribution in [2.75, 3.05) is 11.9 Å². The Balaban J connectivity index is 1.72. The van der Waals surface area contributed by atoms with Gasteiger partial charge in [-0.2, -0.15) is 0 Å². The van der Waals surface area contributed by atoms with Crippen LogP contribution in [0.5, 0.6) is 5.75 Å². The number of benzene rings is 4. The second kappa shape index (κ2) is 13.9. The van der Waals surface area contributed by atoms with E-state index in [4.69, 9.17) is 4.74 Å². The van der Waals surface area contributed by atoms with E-state index in [-0.39, 0.29) is 24.3 Å². The van der Waals surface area contributed by atoms with Crippen molar-refractivity contribution < 1.29 is 24.2 Å². The molecule has 0 saturated heterocycles. The number of ether oxygens (including phenoxy) is 1. The van der Waals surface area contributed by atoms with E-state index in [1.807, 2.05) is 73.7 Å². The Bertz CT molecular complexity index is 1560. The van der Waals surface area contributed by atoms with Crippen molar-refractivity contribution in [2.45, 2.75) is 58.2 Å². The maximum Gasteiger partial charge on any atom is 0.408 e. The number of carbonyl (C=O) groups excluding carboxylic acids is 3. The summed E-state index contributed by atoms with van der Waals surface area (Å²) in [7, 11) is 0. The Morgan fingerprint density at radius 2 is 1.51 bits per heavy atom. The lowest BCUT2D eigenvalue weighted by molar-refractivity contribution is -0.140. The summed E-state index contributed by atoms with van der Waals surface area (Å²) in [5.74, 6) is -1.08. The summed E-state index contributed by atoms with van der Waals surface area (Å²) in [5.41, 5.74) is 0.887. The summed E-state index contributed by atoms with van der Waals surface area (Å²) in [6.07, 6.45) is -0.0272. The minimum absolute atomic E-state index is 0.116. The van der Waals surface area contributed by atoms with E-state index in [0.29, 0.717) is 12.1 Å². The summed E-state index contributed by atoms with van der Waals surface area (Å²) < 4.78 is 5.48. The van der Waals surface area contributed by atoms with Crippen molar-refractivity contribution in [3.63, 3.8) is 0 Å². The Morgan fingerprint density at radius 1 is 0.860 bits per heavy atom. The fraction of sp³-hybridized carbons (Fsp3) is 0.286. The second-order valence-corrected chi connectivity index (χ2v) is 11.4. The molecule has 3 N–H and O–H groups in total. The van der Waals surface area contributed by atoms with Crippen LogP contribution >= 0.6 is 0 Å². The number of alkyl carbamates (subject to hydrolysis) is 1. The standard InChI is InChI=1S/C35H39N3O5/c1-5-21-38(33(41)29(22-24-13-7-6-8-14-24)37-34(42)43-35(2,3)4)31(28-17-11-12-18-30(28)39)32(40)36-27-20-19-25-15-9-10-16-26(25)23-27/h6-20,23,29,31,39H,5,21-22H2,1-4H3,(H,36,40)(H,37,42). The number of fused-ring (bicyclic) bond motifs is 1. The van der Waals surface area contributed by atoms with Crippen LogP contribution in [0.3, 0.4) is 0 Å². The average molecular weight is 582 g/mol. The van der Waals surface area contributed by atoms with Gasteiger partial charge < -0.3 is 25.4 Å². The van der Waals surface area contributed by atoms with Crippen molar-refractivity contribution in [1.82, 2.24) is 10.2 Å². The molecule has 0 spiro atoms. The third-order valence-electron chi connectivity index (χ3n) is 6.83. The lowest BCUT2D eigenvalue weighted by Crippen LogP contribution is -2.53. The first-order chi connectivity index (χ1) is 20.6. The monoisotopic (exact) mass is 581 g/mol. The normalized spacial score (nSPS) is 12.7. The lowest BCUT2D eigenvalue weighted by atomic mass is 9.99. The topological polar surface area (TPSA) is 108 Å². The van der Waals surface area contributed by atoms with Gasteiger partial charge in [-0.05, 0) is 61.7 Å². The number of rotatable bonds is 10. The minimum atomic E-state index is -1.18. The number of para-hydroxylation sites is 1. The number of hydrogen-bond donors (Lipinski definition) is 3. The molecule has 8 nitrogen and oxygen atoms in total. The van der Waals surface area contributed by atoms with Gasteiger partial charge in [0.1, 0.15) is 23.4 Å². The molecule has 0 aliphatic rings. The minimum Gasteiger partial charge on any atom is -0.508 e. The maximum atomic E-state index is 14.4. The van der Waals surface area contributed by atoms with Crippen LogP contribution < -0.4 is 10.6 Å². The van der Waals surface area contributed by atoms with Crippen LogP contribution in [0.15, 0.2) is 97.1 Å². The number of aromatic hydroxyl groups is 1. The van der Waals surface area contributed by atoms with E-state index in [0.717, 1.165) is 16.3 Å². The van der Waals surface area contributed by atoms with Crippen LogP contribution in [-0.2, 0) is 20.7 Å². The van der Waals surface area contributed by atoms with Crippen molar-refractivity contribution in [2.24, 2.45) is 0 Å². The molecule has 0 aliphatic carbocycles. The number of nitrogens with one attached hydrogen (secondary N) is 2. The molecule has 4 aromatic rings. The van der Waals surface area contributed by atoms with Gasteiger partial charge in [0.25, 0.3) is 5.91 Å². The largest absolute Gasteiger partial charge is 0.508 e. The SMILES string of the molecule is CCCN(C(=O)C(Cc1ccccc1)NC(=O)OC(C)(C)C)C(C(=O)Nc1ccc2ccccc2c1)c1ccccc1O. The zero-order valence-electron chi connectivity index (χ0n) is 25.0. The summed E-state index contributed by atoms with van der Waals surface area (Å²) >= 11 is 0. The number of carbonyl (C=O) groups is 3. The number of anilines is 1. The lowest BCUT2D eigenvalue weighted by Gasteiger charge is -2.34. The predicted molar refractivity (Wildman–Crippen MR) is 169 cm³/mol. The van der Waals surface area contributed by atoms with E-state index in [1.165, 1.54) is 11.0 Å². The van der Waals surface area contributed by atoms with Crippen LogP contribution in [0.1, 0.15) is 51.3 Å². The highest BCUT2D eigenvalue weighted by Gasteiger charge is 2.37. The predicted octanol–water partition coefficient (Wildman–Crippen LogP) is 6.60. The summed E-state index contributed by atoms with van der Waals surface area (Å²) in [4.78, 5) is 42.8. The molecule has 2 unspecified atom stereocenters. The molecule has 0 radical (unpaired) electrons. The molecule has 4 aromatic carbocycles. The summed E-state index contributed by atoms with van der Waals surface area (Å²) in [6.45, 7) is 7.33. The van der Waals surface area contributed by atoms with Crippen LogP contribution in [0.4, 0.5) is 10.5 Å². The molecule has 0 fully saturated rings. The number of nitrogens with zero attached hydrogens (tertiary/aromatic N) is 1. The first-order valence-electron chi connectivity index (χ1n) is 14.5. The van der Waals surface area contributed by atoms with Gasteiger partial charge in [0.2, 0.25) is 5.91 Å². The smallest absolute Gasteiger partial charge is 0.408 e. The molecule has 8 heteroatoms. The summed E-state index contributed by atoms with van der Waals surface area (Å²) in [6, 6.07) is 27.0. The highest BCUT2D eigenvalue weighted by molar-refractivity contribution is 6.00.